The van der Waals surface area contributed by atoms with Gasteiger partial charge in [0.1, 0.15) is 24.1 Å². The largest absolute Gasteiger partial charge is 0.573 e. The highest BCUT2D eigenvalue weighted by atomic mass is 35.5. The van der Waals surface area contributed by atoms with Crippen LogP contribution in [-0.4, -0.2) is 50.5 Å². The third-order valence-corrected chi connectivity index (χ3v) is 7.28. The van der Waals surface area contributed by atoms with Gasteiger partial charge in [0.25, 0.3) is 5.91 Å². The number of hydrogen-bond acceptors (Lipinski definition) is 7. The standard InChI is InChI=1S/C29H27ClF3N3O5/c1-39-23-13-18(16-34-40-11-10-37)12-21(14-23)35-26(19-2-4-20(30)5-3-19)27(38)36-17-28(8-9-28)24-7-6-22(15-25(24)36)41-29(31,32)33/h2-7,12-16,26,35,37H,8-11,17H2,1H3. The van der Waals surface area contributed by atoms with E-state index < -0.39 is 12.4 Å². The fourth-order valence-corrected chi connectivity index (χ4v) is 5.11. The molecule has 1 heterocycles. The van der Waals surface area contributed by atoms with Crippen LogP contribution in [0.25, 0.3) is 0 Å². The van der Waals surface area contributed by atoms with Gasteiger partial charge in [-0.1, -0.05) is 35.0 Å². The molecule has 216 valence electrons. The number of nitrogens with one attached hydrogen (secondary N) is 1. The van der Waals surface area contributed by atoms with Gasteiger partial charge in [-0.2, -0.15) is 0 Å². The zero-order valence-electron chi connectivity index (χ0n) is 22.0. The van der Waals surface area contributed by atoms with Crippen molar-refractivity contribution in [2.75, 3.05) is 37.1 Å². The van der Waals surface area contributed by atoms with Gasteiger partial charge in [0, 0.05) is 40.4 Å². The van der Waals surface area contributed by atoms with Gasteiger partial charge >= 0.3 is 6.36 Å². The maximum Gasteiger partial charge on any atom is 0.573 e. The number of hydrogen-bond donors (Lipinski definition) is 2. The Morgan fingerprint density at radius 2 is 1.90 bits per heavy atom. The number of carbonyl (C=O) groups is 1. The first-order chi connectivity index (χ1) is 19.6. The molecule has 0 radical (unpaired) electrons. The summed E-state index contributed by atoms with van der Waals surface area (Å²) in [4.78, 5) is 20.8. The molecule has 0 aromatic heterocycles. The molecule has 3 aromatic carbocycles. The fourth-order valence-electron chi connectivity index (χ4n) is 4.98. The molecule has 12 heteroatoms. The van der Waals surface area contributed by atoms with Crippen molar-refractivity contribution in [3.05, 3.63) is 82.4 Å². The second kappa shape index (κ2) is 11.5. The van der Waals surface area contributed by atoms with E-state index in [4.69, 9.17) is 26.3 Å². The molecule has 41 heavy (non-hydrogen) atoms. The molecule has 0 bridgehead atoms. The summed E-state index contributed by atoms with van der Waals surface area (Å²) in [6, 6.07) is 15.2. The number of halogens is 4. The Morgan fingerprint density at radius 1 is 1.15 bits per heavy atom. The Hall–Kier alpha value is -3.96. The number of rotatable bonds is 10. The van der Waals surface area contributed by atoms with Gasteiger partial charge in [0.15, 0.2) is 0 Å². The first-order valence-electron chi connectivity index (χ1n) is 12.8. The first kappa shape index (κ1) is 28.6. The molecular formula is C29H27ClF3N3O5. The topological polar surface area (TPSA) is 92.6 Å². The Kier molecular flexibility index (Phi) is 8.01. The van der Waals surface area contributed by atoms with E-state index in [1.54, 1.807) is 48.5 Å². The lowest BCUT2D eigenvalue weighted by atomic mass is 9.99. The van der Waals surface area contributed by atoms with Crippen molar-refractivity contribution in [3.63, 3.8) is 0 Å². The summed E-state index contributed by atoms with van der Waals surface area (Å²) in [6.45, 7) is 0.200. The highest BCUT2D eigenvalue weighted by Crippen LogP contribution is 2.57. The Morgan fingerprint density at radius 3 is 2.56 bits per heavy atom. The molecule has 5 rings (SSSR count). The predicted molar refractivity (Wildman–Crippen MR) is 148 cm³/mol. The molecule has 1 spiro atoms. The van der Waals surface area contributed by atoms with Crippen LogP contribution in [-0.2, 0) is 15.0 Å². The lowest BCUT2D eigenvalue weighted by molar-refractivity contribution is -0.274. The molecule has 1 aliphatic heterocycles. The highest BCUT2D eigenvalue weighted by molar-refractivity contribution is 6.30. The van der Waals surface area contributed by atoms with E-state index in [0.29, 0.717) is 39.8 Å². The number of methoxy groups -OCH3 is 1. The molecular weight excluding hydrogens is 563 g/mol. The van der Waals surface area contributed by atoms with Crippen LogP contribution in [0.1, 0.15) is 35.6 Å². The Balaban J connectivity index is 1.50. The van der Waals surface area contributed by atoms with Crippen LogP contribution in [0, 0.1) is 0 Å². The van der Waals surface area contributed by atoms with E-state index in [-0.39, 0.29) is 30.3 Å². The van der Waals surface area contributed by atoms with Crippen LogP contribution in [0.5, 0.6) is 11.5 Å². The molecule has 1 saturated carbocycles. The summed E-state index contributed by atoms with van der Waals surface area (Å²) < 4.78 is 48.5. The van der Waals surface area contributed by atoms with Gasteiger partial charge in [0.2, 0.25) is 0 Å². The summed E-state index contributed by atoms with van der Waals surface area (Å²) in [5, 5.41) is 16.5. The number of carbonyl (C=O) groups excluding carboxylic acids is 1. The van der Waals surface area contributed by atoms with E-state index >= 15 is 0 Å². The van der Waals surface area contributed by atoms with E-state index in [2.05, 4.69) is 15.2 Å². The number of ether oxygens (including phenoxy) is 2. The quantitative estimate of drug-likeness (QED) is 0.176. The third kappa shape index (κ3) is 6.52. The number of anilines is 2. The maximum atomic E-state index is 14.3. The van der Waals surface area contributed by atoms with Crippen molar-refractivity contribution in [1.29, 1.82) is 0 Å². The van der Waals surface area contributed by atoms with Crippen molar-refractivity contribution < 1.29 is 37.4 Å². The number of amides is 1. The number of alkyl halides is 3. The van der Waals surface area contributed by atoms with Crippen molar-refractivity contribution in [2.24, 2.45) is 5.16 Å². The summed E-state index contributed by atoms with van der Waals surface area (Å²) in [5.74, 6) is -0.257. The normalized spacial score (nSPS) is 16.0. The van der Waals surface area contributed by atoms with Gasteiger partial charge in [-0.3, -0.25) is 4.79 Å². The minimum Gasteiger partial charge on any atom is -0.497 e. The number of fused-ring (bicyclic) bond motifs is 2. The fraction of sp³-hybridized carbons (Fsp3) is 0.310. The van der Waals surface area contributed by atoms with Crippen molar-refractivity contribution >= 4 is 35.1 Å². The van der Waals surface area contributed by atoms with Crippen molar-refractivity contribution in [3.8, 4) is 11.5 Å². The van der Waals surface area contributed by atoms with E-state index in [1.807, 2.05) is 0 Å². The average Bonchev–Trinajstić information content (AvgIpc) is 3.65. The highest BCUT2D eigenvalue weighted by Gasteiger charge is 2.54. The molecule has 1 fully saturated rings. The smallest absolute Gasteiger partial charge is 0.497 e. The van der Waals surface area contributed by atoms with Gasteiger partial charge in [-0.05, 0) is 54.3 Å². The van der Waals surface area contributed by atoms with Crippen LogP contribution < -0.4 is 19.7 Å². The van der Waals surface area contributed by atoms with Crippen LogP contribution in [0.15, 0.2) is 65.8 Å². The summed E-state index contributed by atoms with van der Waals surface area (Å²) in [6.07, 6.45) is -1.75. The van der Waals surface area contributed by atoms with E-state index in [1.165, 1.54) is 30.4 Å². The minimum absolute atomic E-state index is 0.0350. The first-order valence-corrected chi connectivity index (χ1v) is 13.2. The predicted octanol–water partition coefficient (Wildman–Crippen LogP) is 5.82. The Labute approximate surface area is 239 Å². The summed E-state index contributed by atoms with van der Waals surface area (Å²) >= 11 is 6.12. The molecule has 1 amide bonds. The SMILES string of the molecule is COc1cc(C=NOCCO)cc(NC(C(=O)N2CC3(CC3)c3ccc(OC(F)(F)F)cc32)c2ccc(Cl)cc2)c1. The molecule has 2 N–H and O–H groups in total. The van der Waals surface area contributed by atoms with Gasteiger partial charge in [0.05, 0.1) is 25.6 Å². The van der Waals surface area contributed by atoms with Crippen LogP contribution >= 0.6 is 11.6 Å². The van der Waals surface area contributed by atoms with Gasteiger partial charge in [-0.25, -0.2) is 0 Å². The summed E-state index contributed by atoms with van der Waals surface area (Å²) in [5.41, 5.74) is 2.68. The van der Waals surface area contributed by atoms with Crippen LogP contribution in [0.3, 0.4) is 0 Å². The number of oxime groups is 1. The zero-order valence-corrected chi connectivity index (χ0v) is 22.7. The second-order valence-electron chi connectivity index (χ2n) is 9.85. The number of nitrogens with zero attached hydrogens (tertiary/aromatic N) is 2. The molecule has 1 aliphatic carbocycles. The zero-order chi connectivity index (χ0) is 29.2. The average molecular weight is 590 g/mol. The molecule has 3 aromatic rings. The number of benzene rings is 3. The number of aliphatic hydroxyl groups excluding tert-OH is 1. The van der Waals surface area contributed by atoms with E-state index in [9.17, 15) is 18.0 Å². The Bertz CT molecular complexity index is 1440. The molecule has 8 nitrogen and oxygen atoms in total. The van der Waals surface area contributed by atoms with Crippen molar-refractivity contribution in [2.45, 2.75) is 30.7 Å². The van der Waals surface area contributed by atoms with Crippen molar-refractivity contribution in [1.82, 2.24) is 0 Å². The lowest BCUT2D eigenvalue weighted by Gasteiger charge is -2.27. The molecule has 0 saturated heterocycles. The monoisotopic (exact) mass is 589 g/mol. The van der Waals surface area contributed by atoms with Crippen LogP contribution in [0.2, 0.25) is 5.02 Å². The minimum atomic E-state index is -4.86. The number of aliphatic hydroxyl groups is 1. The molecule has 1 atom stereocenters. The lowest BCUT2D eigenvalue weighted by Crippen LogP contribution is -2.38. The van der Waals surface area contributed by atoms with Crippen LogP contribution in [0.4, 0.5) is 24.5 Å². The third-order valence-electron chi connectivity index (χ3n) is 7.03. The van der Waals surface area contributed by atoms with Gasteiger partial charge < -0.3 is 29.6 Å². The van der Waals surface area contributed by atoms with Gasteiger partial charge in [-0.15, -0.1) is 13.2 Å². The second-order valence-corrected chi connectivity index (χ2v) is 10.3. The molecule has 2 aliphatic rings. The summed E-state index contributed by atoms with van der Waals surface area (Å²) in [7, 11) is 1.50. The molecule has 1 unspecified atom stereocenters. The van der Waals surface area contributed by atoms with E-state index in [0.717, 1.165) is 18.4 Å². The maximum absolute atomic E-state index is 14.3.